The molecule has 2 atom stereocenters. The van der Waals surface area contributed by atoms with Crippen LogP contribution in [0.5, 0.6) is 0 Å². The molecule has 1 saturated heterocycles. The normalized spacial score (nSPS) is 23.2. The van der Waals surface area contributed by atoms with Crippen molar-refractivity contribution in [2.24, 2.45) is 5.92 Å². The van der Waals surface area contributed by atoms with Crippen molar-refractivity contribution in [1.82, 2.24) is 5.32 Å². The van der Waals surface area contributed by atoms with Gasteiger partial charge in [-0.15, -0.1) is 11.3 Å². The smallest absolute Gasteiger partial charge is 0.0509 e. The van der Waals surface area contributed by atoms with E-state index in [1.54, 1.807) is 0 Å². The molecule has 1 fully saturated rings. The fourth-order valence-corrected chi connectivity index (χ4v) is 2.80. The monoisotopic (exact) mass is 225 g/mol. The van der Waals surface area contributed by atoms with Gasteiger partial charge in [-0.25, -0.2) is 0 Å². The van der Waals surface area contributed by atoms with Crippen LogP contribution >= 0.6 is 11.3 Å². The van der Waals surface area contributed by atoms with Gasteiger partial charge >= 0.3 is 0 Å². The van der Waals surface area contributed by atoms with Gasteiger partial charge in [0.1, 0.15) is 0 Å². The van der Waals surface area contributed by atoms with Gasteiger partial charge in [0.2, 0.25) is 0 Å². The largest absolute Gasteiger partial charge is 0.381 e. The van der Waals surface area contributed by atoms with Crippen molar-refractivity contribution in [3.8, 4) is 0 Å². The number of nitrogens with one attached hydrogen (secondary N) is 1. The van der Waals surface area contributed by atoms with Gasteiger partial charge < -0.3 is 10.1 Å². The molecule has 84 valence electrons. The van der Waals surface area contributed by atoms with Crippen LogP contribution in [-0.2, 0) is 11.3 Å². The molecule has 2 rings (SSSR count). The van der Waals surface area contributed by atoms with E-state index in [0.29, 0.717) is 12.0 Å². The summed E-state index contributed by atoms with van der Waals surface area (Å²) in [6, 6.07) is 4.96. The van der Waals surface area contributed by atoms with E-state index in [0.717, 1.165) is 19.8 Å². The summed E-state index contributed by atoms with van der Waals surface area (Å²) in [4.78, 5) is 2.82. The minimum absolute atomic E-state index is 0.565. The summed E-state index contributed by atoms with van der Waals surface area (Å²) >= 11 is 1.88. The molecule has 15 heavy (non-hydrogen) atoms. The van der Waals surface area contributed by atoms with Crippen LogP contribution < -0.4 is 5.32 Å². The Bertz CT molecular complexity index is 304. The lowest BCUT2D eigenvalue weighted by Crippen LogP contribution is -2.33. The van der Waals surface area contributed by atoms with Gasteiger partial charge in [-0.2, -0.15) is 0 Å². The molecule has 0 bridgehead atoms. The van der Waals surface area contributed by atoms with E-state index in [1.807, 2.05) is 11.3 Å². The molecule has 0 aliphatic carbocycles. The third-order valence-electron chi connectivity index (χ3n) is 3.07. The van der Waals surface area contributed by atoms with Gasteiger partial charge in [0.25, 0.3) is 0 Å². The van der Waals surface area contributed by atoms with E-state index in [2.05, 4.69) is 31.3 Å². The van der Waals surface area contributed by atoms with Crippen LogP contribution in [0.2, 0.25) is 0 Å². The topological polar surface area (TPSA) is 21.3 Å². The van der Waals surface area contributed by atoms with Gasteiger partial charge in [-0.1, -0.05) is 0 Å². The maximum atomic E-state index is 5.40. The number of aryl methyl sites for hydroxylation is 1. The summed E-state index contributed by atoms with van der Waals surface area (Å²) in [5.74, 6) is 0.700. The summed E-state index contributed by atoms with van der Waals surface area (Å²) in [5.41, 5.74) is 0. The Balaban J connectivity index is 1.77. The molecule has 0 aromatic carbocycles. The lowest BCUT2D eigenvalue weighted by Gasteiger charge is -2.18. The maximum Gasteiger partial charge on any atom is 0.0509 e. The molecule has 1 aromatic rings. The standard InChI is InChI=1S/C12H19NOS/c1-9-3-4-12(15-9)7-13-10(2)11-5-6-14-8-11/h3-4,10-11,13H,5-8H2,1-2H3. The van der Waals surface area contributed by atoms with Crippen molar-refractivity contribution in [2.75, 3.05) is 13.2 Å². The Labute approximate surface area is 95.6 Å². The van der Waals surface area contributed by atoms with E-state index in [1.165, 1.54) is 16.2 Å². The summed E-state index contributed by atoms with van der Waals surface area (Å²) in [7, 11) is 0. The molecular weight excluding hydrogens is 206 g/mol. The number of hydrogen-bond acceptors (Lipinski definition) is 3. The van der Waals surface area contributed by atoms with Crippen LogP contribution in [0.4, 0.5) is 0 Å². The molecule has 1 aliphatic rings. The Kier molecular flexibility index (Phi) is 3.78. The van der Waals surface area contributed by atoms with E-state index in [9.17, 15) is 0 Å². The second-order valence-corrected chi connectivity index (χ2v) is 5.68. The van der Waals surface area contributed by atoms with E-state index >= 15 is 0 Å². The average molecular weight is 225 g/mol. The fraction of sp³-hybridized carbons (Fsp3) is 0.667. The van der Waals surface area contributed by atoms with Crippen molar-refractivity contribution in [2.45, 2.75) is 32.9 Å². The minimum atomic E-state index is 0.565. The second-order valence-electron chi connectivity index (χ2n) is 4.31. The van der Waals surface area contributed by atoms with Crippen molar-refractivity contribution >= 4 is 11.3 Å². The third-order valence-corrected chi connectivity index (χ3v) is 4.07. The third kappa shape index (κ3) is 3.03. The second kappa shape index (κ2) is 5.10. The molecule has 0 radical (unpaired) electrons. The van der Waals surface area contributed by atoms with E-state index < -0.39 is 0 Å². The average Bonchev–Trinajstić information content (AvgIpc) is 2.84. The predicted octanol–water partition coefficient (Wildman–Crippen LogP) is 2.57. The first-order chi connectivity index (χ1) is 7.25. The van der Waals surface area contributed by atoms with Crippen LogP contribution in [0.25, 0.3) is 0 Å². The summed E-state index contributed by atoms with van der Waals surface area (Å²) < 4.78 is 5.40. The summed E-state index contributed by atoms with van der Waals surface area (Å²) in [6.07, 6.45) is 1.21. The quantitative estimate of drug-likeness (QED) is 0.850. The molecule has 1 aromatic heterocycles. The molecule has 3 heteroatoms. The highest BCUT2D eigenvalue weighted by molar-refractivity contribution is 7.11. The molecule has 0 saturated carbocycles. The first-order valence-corrected chi connectivity index (χ1v) is 6.44. The van der Waals surface area contributed by atoms with Crippen molar-refractivity contribution in [3.63, 3.8) is 0 Å². The predicted molar refractivity (Wildman–Crippen MR) is 64.3 cm³/mol. The fourth-order valence-electron chi connectivity index (χ4n) is 1.96. The van der Waals surface area contributed by atoms with E-state index in [4.69, 9.17) is 4.74 Å². The highest BCUT2D eigenvalue weighted by atomic mass is 32.1. The lowest BCUT2D eigenvalue weighted by atomic mass is 10.0. The zero-order valence-corrected chi connectivity index (χ0v) is 10.3. The van der Waals surface area contributed by atoms with Gasteiger partial charge in [-0.05, 0) is 38.3 Å². The highest BCUT2D eigenvalue weighted by Gasteiger charge is 2.21. The summed E-state index contributed by atoms with van der Waals surface area (Å²) in [5, 5.41) is 3.58. The Morgan fingerprint density at radius 2 is 2.47 bits per heavy atom. The first-order valence-electron chi connectivity index (χ1n) is 5.62. The minimum Gasteiger partial charge on any atom is -0.381 e. The number of hydrogen-bond donors (Lipinski definition) is 1. The van der Waals surface area contributed by atoms with E-state index in [-0.39, 0.29) is 0 Å². The first kappa shape index (κ1) is 11.1. The lowest BCUT2D eigenvalue weighted by molar-refractivity contribution is 0.178. The molecule has 2 nitrogen and oxygen atoms in total. The van der Waals surface area contributed by atoms with Gasteiger partial charge in [0, 0.05) is 28.9 Å². The van der Waals surface area contributed by atoms with Gasteiger partial charge in [0.15, 0.2) is 0 Å². The molecule has 1 aliphatic heterocycles. The Hall–Kier alpha value is -0.380. The molecule has 2 unspecified atom stereocenters. The Morgan fingerprint density at radius 1 is 1.60 bits per heavy atom. The van der Waals surface area contributed by atoms with Crippen LogP contribution in [0, 0.1) is 12.8 Å². The molecule has 1 N–H and O–H groups in total. The highest BCUT2D eigenvalue weighted by Crippen LogP contribution is 2.18. The SMILES string of the molecule is Cc1ccc(CNC(C)C2CCOC2)s1. The van der Waals surface area contributed by atoms with Crippen molar-refractivity contribution < 1.29 is 4.74 Å². The van der Waals surface area contributed by atoms with Crippen LogP contribution in [-0.4, -0.2) is 19.3 Å². The van der Waals surface area contributed by atoms with Crippen molar-refractivity contribution in [1.29, 1.82) is 0 Å². The van der Waals surface area contributed by atoms with Crippen LogP contribution in [0.3, 0.4) is 0 Å². The zero-order valence-electron chi connectivity index (χ0n) is 9.45. The van der Waals surface area contributed by atoms with Crippen molar-refractivity contribution in [3.05, 3.63) is 21.9 Å². The molecule has 2 heterocycles. The molecule has 0 amide bonds. The number of thiophene rings is 1. The maximum absolute atomic E-state index is 5.40. The molecule has 0 spiro atoms. The zero-order chi connectivity index (χ0) is 10.7. The van der Waals surface area contributed by atoms with Gasteiger partial charge in [0.05, 0.1) is 6.61 Å². The number of rotatable bonds is 4. The summed E-state index contributed by atoms with van der Waals surface area (Å²) in [6.45, 7) is 7.28. The van der Waals surface area contributed by atoms with Crippen LogP contribution in [0.1, 0.15) is 23.1 Å². The number of ether oxygens (including phenoxy) is 1. The van der Waals surface area contributed by atoms with Gasteiger partial charge in [-0.3, -0.25) is 0 Å². The Morgan fingerprint density at radius 3 is 3.07 bits per heavy atom. The molecular formula is C12H19NOS. The van der Waals surface area contributed by atoms with Crippen LogP contribution in [0.15, 0.2) is 12.1 Å².